The molecule has 0 spiro atoms. The van der Waals surface area contributed by atoms with E-state index in [4.69, 9.17) is 15.6 Å². The van der Waals surface area contributed by atoms with E-state index in [1.807, 2.05) is 25.1 Å². The Kier molecular flexibility index (Phi) is 3.76. The lowest BCUT2D eigenvalue weighted by molar-refractivity contribution is -0.137. The number of ether oxygens (including phenoxy) is 1. The van der Waals surface area contributed by atoms with Crippen LogP contribution in [0.5, 0.6) is 5.75 Å². The third kappa shape index (κ3) is 2.71. The average molecular weight is 262 g/mol. The maximum atomic E-state index is 10.6. The second-order valence-electron chi connectivity index (χ2n) is 4.64. The molecule has 1 aromatic heterocycles. The van der Waals surface area contributed by atoms with Gasteiger partial charge in [-0.25, -0.2) is 0 Å². The number of aromatic amines is 1. The normalized spacial score (nSPS) is 12.6. The first-order valence-corrected chi connectivity index (χ1v) is 6.16. The van der Waals surface area contributed by atoms with Crippen LogP contribution in [0.2, 0.25) is 0 Å². The molecule has 0 saturated carbocycles. The van der Waals surface area contributed by atoms with Crippen LogP contribution in [0, 0.1) is 6.92 Å². The lowest BCUT2D eigenvalue weighted by atomic mass is 10.00. The molecule has 1 aromatic carbocycles. The molecule has 0 saturated heterocycles. The fourth-order valence-corrected chi connectivity index (χ4v) is 2.29. The number of methoxy groups -OCH3 is 1. The predicted molar refractivity (Wildman–Crippen MR) is 73.4 cm³/mol. The Bertz CT molecular complexity index is 604. The van der Waals surface area contributed by atoms with Gasteiger partial charge in [0.25, 0.3) is 0 Å². The molecule has 1 atom stereocenters. The van der Waals surface area contributed by atoms with Crippen LogP contribution in [0.15, 0.2) is 18.2 Å². The van der Waals surface area contributed by atoms with E-state index in [1.165, 1.54) is 0 Å². The van der Waals surface area contributed by atoms with Gasteiger partial charge in [0.05, 0.1) is 7.11 Å². The van der Waals surface area contributed by atoms with E-state index in [9.17, 15) is 4.79 Å². The molecular weight excluding hydrogens is 244 g/mol. The Labute approximate surface area is 111 Å². The van der Waals surface area contributed by atoms with Gasteiger partial charge in [-0.05, 0) is 25.5 Å². The van der Waals surface area contributed by atoms with Gasteiger partial charge >= 0.3 is 5.97 Å². The summed E-state index contributed by atoms with van der Waals surface area (Å²) in [6.45, 7) is 1.98. The summed E-state index contributed by atoms with van der Waals surface area (Å²) < 4.78 is 5.45. The lowest BCUT2D eigenvalue weighted by Gasteiger charge is -2.15. The molecule has 0 aliphatic heterocycles. The second-order valence-corrected chi connectivity index (χ2v) is 4.64. The maximum absolute atomic E-state index is 10.6. The third-order valence-corrected chi connectivity index (χ3v) is 3.19. The molecule has 2 aromatic rings. The summed E-state index contributed by atoms with van der Waals surface area (Å²) in [4.78, 5) is 13.8. The van der Waals surface area contributed by atoms with Crippen molar-refractivity contribution in [2.24, 2.45) is 5.73 Å². The molecule has 0 radical (unpaired) electrons. The standard InChI is InChI=1S/C14H18N2O3/c1-8-7-10-12(16-8)5-3-9(14(10)19-2)11(15)4-6-13(17)18/h3,5,7,11,16H,4,6,15H2,1-2H3,(H,17,18). The van der Waals surface area contributed by atoms with Gasteiger partial charge < -0.3 is 20.6 Å². The van der Waals surface area contributed by atoms with Crippen molar-refractivity contribution in [2.75, 3.05) is 7.11 Å². The van der Waals surface area contributed by atoms with E-state index in [2.05, 4.69) is 4.98 Å². The van der Waals surface area contributed by atoms with Gasteiger partial charge in [0.2, 0.25) is 0 Å². The predicted octanol–water partition coefficient (Wildman–Crippen LogP) is 2.35. The molecule has 2 rings (SSSR count). The quantitative estimate of drug-likeness (QED) is 0.771. The zero-order valence-corrected chi connectivity index (χ0v) is 11.1. The molecule has 0 aliphatic rings. The average Bonchev–Trinajstić information content (AvgIpc) is 2.74. The van der Waals surface area contributed by atoms with Crippen LogP contribution in [-0.4, -0.2) is 23.2 Å². The van der Waals surface area contributed by atoms with Crippen LogP contribution in [0.1, 0.15) is 30.1 Å². The maximum Gasteiger partial charge on any atom is 0.303 e. The van der Waals surface area contributed by atoms with Crippen LogP contribution in [0.3, 0.4) is 0 Å². The fraction of sp³-hybridized carbons (Fsp3) is 0.357. The molecular formula is C14H18N2O3. The number of aromatic nitrogens is 1. The highest BCUT2D eigenvalue weighted by molar-refractivity contribution is 5.88. The molecule has 5 heteroatoms. The molecule has 0 aliphatic carbocycles. The lowest BCUT2D eigenvalue weighted by Crippen LogP contribution is -2.13. The number of hydrogen-bond donors (Lipinski definition) is 3. The van der Waals surface area contributed by atoms with Gasteiger partial charge in [0.15, 0.2) is 0 Å². The van der Waals surface area contributed by atoms with Gasteiger partial charge in [-0.1, -0.05) is 6.07 Å². The fourth-order valence-electron chi connectivity index (χ4n) is 2.29. The first-order chi connectivity index (χ1) is 9.02. The first kappa shape index (κ1) is 13.4. The molecule has 19 heavy (non-hydrogen) atoms. The van der Waals surface area contributed by atoms with Gasteiger partial charge in [0, 0.05) is 34.6 Å². The summed E-state index contributed by atoms with van der Waals surface area (Å²) in [6.07, 6.45) is 0.440. The highest BCUT2D eigenvalue weighted by atomic mass is 16.5. The molecule has 0 amide bonds. The van der Waals surface area contributed by atoms with E-state index in [0.29, 0.717) is 6.42 Å². The zero-order chi connectivity index (χ0) is 14.0. The van der Waals surface area contributed by atoms with E-state index < -0.39 is 5.97 Å². The van der Waals surface area contributed by atoms with E-state index in [-0.39, 0.29) is 12.5 Å². The van der Waals surface area contributed by atoms with Crippen LogP contribution < -0.4 is 10.5 Å². The summed E-state index contributed by atoms with van der Waals surface area (Å²) in [6, 6.07) is 5.50. The van der Waals surface area contributed by atoms with Crippen LogP contribution in [0.4, 0.5) is 0 Å². The molecule has 4 N–H and O–H groups in total. The number of nitrogens with one attached hydrogen (secondary N) is 1. The van der Waals surface area contributed by atoms with Gasteiger partial charge in [-0.3, -0.25) is 4.79 Å². The Morgan fingerprint density at radius 1 is 1.53 bits per heavy atom. The monoisotopic (exact) mass is 262 g/mol. The minimum atomic E-state index is -0.840. The van der Waals surface area contributed by atoms with Crippen molar-refractivity contribution in [1.82, 2.24) is 4.98 Å². The Hall–Kier alpha value is -2.01. The SMILES string of the molecule is COc1c(C(N)CCC(=O)O)ccc2[nH]c(C)cc12. The van der Waals surface area contributed by atoms with Crippen molar-refractivity contribution in [2.45, 2.75) is 25.8 Å². The van der Waals surface area contributed by atoms with Gasteiger partial charge in [-0.2, -0.15) is 0 Å². The minimum absolute atomic E-state index is 0.0501. The number of carbonyl (C=O) groups is 1. The number of nitrogens with two attached hydrogens (primary N) is 1. The number of benzene rings is 1. The number of carboxylic acids is 1. The molecule has 5 nitrogen and oxygen atoms in total. The summed E-state index contributed by atoms with van der Waals surface area (Å²) in [5, 5.41) is 9.69. The molecule has 0 bridgehead atoms. The van der Waals surface area contributed by atoms with Crippen molar-refractivity contribution in [3.05, 3.63) is 29.5 Å². The van der Waals surface area contributed by atoms with Crippen LogP contribution in [-0.2, 0) is 4.79 Å². The van der Waals surface area contributed by atoms with Crippen molar-refractivity contribution < 1.29 is 14.6 Å². The largest absolute Gasteiger partial charge is 0.496 e. The van der Waals surface area contributed by atoms with Gasteiger partial charge in [-0.15, -0.1) is 0 Å². The summed E-state index contributed by atoms with van der Waals surface area (Å²) >= 11 is 0. The van der Waals surface area contributed by atoms with Crippen LogP contribution >= 0.6 is 0 Å². The Morgan fingerprint density at radius 2 is 2.26 bits per heavy atom. The van der Waals surface area contributed by atoms with E-state index in [1.54, 1.807) is 7.11 Å². The Morgan fingerprint density at radius 3 is 2.89 bits per heavy atom. The molecule has 102 valence electrons. The second kappa shape index (κ2) is 5.32. The minimum Gasteiger partial charge on any atom is -0.496 e. The number of carboxylic acid groups (broad SMARTS) is 1. The molecule has 1 heterocycles. The van der Waals surface area contributed by atoms with Crippen molar-refractivity contribution in [1.29, 1.82) is 0 Å². The third-order valence-electron chi connectivity index (χ3n) is 3.19. The number of aliphatic carboxylic acids is 1. The summed E-state index contributed by atoms with van der Waals surface area (Å²) in [7, 11) is 1.60. The van der Waals surface area contributed by atoms with Crippen LogP contribution in [0.25, 0.3) is 10.9 Å². The first-order valence-electron chi connectivity index (χ1n) is 6.16. The zero-order valence-electron chi connectivity index (χ0n) is 11.1. The van der Waals surface area contributed by atoms with E-state index in [0.717, 1.165) is 27.9 Å². The van der Waals surface area contributed by atoms with Crippen molar-refractivity contribution in [3.8, 4) is 5.75 Å². The number of rotatable bonds is 5. The molecule has 0 fully saturated rings. The van der Waals surface area contributed by atoms with Crippen molar-refractivity contribution >= 4 is 16.9 Å². The smallest absolute Gasteiger partial charge is 0.303 e. The molecule has 1 unspecified atom stereocenters. The summed E-state index contributed by atoms with van der Waals surface area (Å²) in [5.41, 5.74) is 8.94. The number of aryl methyl sites for hydroxylation is 1. The highest BCUT2D eigenvalue weighted by Crippen LogP contribution is 2.34. The van der Waals surface area contributed by atoms with Gasteiger partial charge in [0.1, 0.15) is 5.75 Å². The number of H-pyrrole nitrogens is 1. The summed E-state index contributed by atoms with van der Waals surface area (Å²) in [5.74, 6) is -0.118. The van der Waals surface area contributed by atoms with E-state index >= 15 is 0 Å². The number of fused-ring (bicyclic) bond motifs is 1. The topological polar surface area (TPSA) is 88.3 Å². The number of hydrogen-bond acceptors (Lipinski definition) is 3. The highest BCUT2D eigenvalue weighted by Gasteiger charge is 2.16. The Balaban J connectivity index is 2.39. The van der Waals surface area contributed by atoms with Crippen molar-refractivity contribution in [3.63, 3.8) is 0 Å².